The molecular formula is C19H21N5O3S. The number of nitrogens with zero attached hydrogens (tertiary/aromatic N) is 3. The molecular weight excluding hydrogens is 378 g/mol. The van der Waals surface area contributed by atoms with Crippen molar-refractivity contribution in [2.75, 3.05) is 18.4 Å². The number of carbonyl (C=O) groups excluding carboxylic acids is 1. The van der Waals surface area contributed by atoms with Gasteiger partial charge in [0, 0.05) is 24.2 Å². The molecule has 0 spiro atoms. The summed E-state index contributed by atoms with van der Waals surface area (Å²) in [5.41, 5.74) is 2.00. The normalized spacial score (nSPS) is 15.6. The monoisotopic (exact) mass is 399 g/mol. The lowest BCUT2D eigenvalue weighted by Crippen LogP contribution is -2.36. The number of nitrogens with one attached hydrogen (secondary N) is 2. The molecule has 1 amide bonds. The molecule has 1 aliphatic rings. The maximum Gasteiger partial charge on any atom is 0.257 e. The molecule has 3 aromatic rings. The molecule has 0 bridgehead atoms. The Kier molecular flexibility index (Phi) is 4.86. The Hall–Kier alpha value is -2.78. The second-order valence-corrected chi connectivity index (χ2v) is 8.77. The molecule has 0 atom stereocenters. The average Bonchev–Trinajstić information content (AvgIpc) is 3.09. The summed E-state index contributed by atoms with van der Waals surface area (Å²) >= 11 is 0. The summed E-state index contributed by atoms with van der Waals surface area (Å²) in [6.07, 6.45) is 4.20. The molecule has 8 nitrogen and oxygen atoms in total. The minimum atomic E-state index is -3.72. The third-order valence-corrected chi connectivity index (χ3v) is 6.88. The quantitative estimate of drug-likeness (QED) is 0.701. The van der Waals surface area contributed by atoms with Gasteiger partial charge in [0.25, 0.3) is 5.91 Å². The van der Waals surface area contributed by atoms with Crippen molar-refractivity contribution < 1.29 is 13.2 Å². The van der Waals surface area contributed by atoms with Gasteiger partial charge in [0.05, 0.1) is 22.3 Å². The zero-order valence-corrected chi connectivity index (χ0v) is 16.3. The van der Waals surface area contributed by atoms with Crippen LogP contribution in [-0.4, -0.2) is 46.9 Å². The van der Waals surface area contributed by atoms with Crippen LogP contribution in [0.4, 0.5) is 5.69 Å². The summed E-state index contributed by atoms with van der Waals surface area (Å²) in [7, 11) is -3.72. The Balaban J connectivity index is 1.65. The van der Waals surface area contributed by atoms with E-state index in [1.807, 2.05) is 6.92 Å². The molecule has 0 radical (unpaired) electrons. The number of carbonyl (C=O) groups is 1. The number of piperidine rings is 1. The predicted molar refractivity (Wildman–Crippen MR) is 106 cm³/mol. The van der Waals surface area contributed by atoms with Crippen molar-refractivity contribution in [3.63, 3.8) is 0 Å². The van der Waals surface area contributed by atoms with Crippen molar-refractivity contribution in [2.24, 2.45) is 0 Å². The van der Waals surface area contributed by atoms with E-state index >= 15 is 0 Å². The highest BCUT2D eigenvalue weighted by atomic mass is 32.2. The molecule has 9 heteroatoms. The van der Waals surface area contributed by atoms with Crippen LogP contribution in [0.15, 0.2) is 41.4 Å². The summed E-state index contributed by atoms with van der Waals surface area (Å²) in [6, 6.07) is 8.07. The molecule has 1 aliphatic heterocycles. The van der Waals surface area contributed by atoms with Gasteiger partial charge in [-0.15, -0.1) is 0 Å². The molecule has 146 valence electrons. The van der Waals surface area contributed by atoms with Crippen molar-refractivity contribution in [3.8, 4) is 0 Å². The van der Waals surface area contributed by atoms with E-state index in [4.69, 9.17) is 0 Å². The van der Waals surface area contributed by atoms with Crippen molar-refractivity contribution >= 4 is 32.7 Å². The average molecular weight is 399 g/mol. The van der Waals surface area contributed by atoms with Crippen molar-refractivity contribution in [1.82, 2.24) is 19.5 Å². The molecule has 2 N–H and O–H groups in total. The van der Waals surface area contributed by atoms with Gasteiger partial charge >= 0.3 is 0 Å². The number of amides is 1. The predicted octanol–water partition coefficient (Wildman–Crippen LogP) is 2.69. The van der Waals surface area contributed by atoms with E-state index in [0.717, 1.165) is 30.3 Å². The molecule has 4 rings (SSSR count). The maximum atomic E-state index is 13.1. The largest absolute Gasteiger partial charge is 0.321 e. The fourth-order valence-corrected chi connectivity index (χ4v) is 5.12. The van der Waals surface area contributed by atoms with Gasteiger partial charge in [-0.05, 0) is 38.0 Å². The number of anilines is 1. The second kappa shape index (κ2) is 7.33. The van der Waals surface area contributed by atoms with Crippen molar-refractivity contribution in [1.29, 1.82) is 0 Å². The van der Waals surface area contributed by atoms with Crippen molar-refractivity contribution in [2.45, 2.75) is 31.1 Å². The zero-order chi connectivity index (χ0) is 19.7. The molecule has 1 fully saturated rings. The Morgan fingerprint density at radius 3 is 2.71 bits per heavy atom. The summed E-state index contributed by atoms with van der Waals surface area (Å²) in [4.78, 5) is 17.1. The summed E-state index contributed by atoms with van der Waals surface area (Å²) in [5, 5.41) is 10.5. The summed E-state index contributed by atoms with van der Waals surface area (Å²) < 4.78 is 27.6. The molecule has 1 aromatic carbocycles. The van der Waals surface area contributed by atoms with E-state index in [1.54, 1.807) is 18.2 Å². The molecule has 3 heterocycles. The third kappa shape index (κ3) is 3.38. The fourth-order valence-electron chi connectivity index (χ4n) is 3.41. The number of benzene rings is 1. The van der Waals surface area contributed by atoms with Gasteiger partial charge in [-0.1, -0.05) is 18.6 Å². The highest BCUT2D eigenvalue weighted by Gasteiger charge is 2.29. The third-order valence-electron chi connectivity index (χ3n) is 4.92. The highest BCUT2D eigenvalue weighted by Crippen LogP contribution is 2.25. The molecule has 1 saturated heterocycles. The minimum absolute atomic E-state index is 0.0305. The molecule has 0 saturated carbocycles. The van der Waals surface area contributed by atoms with E-state index in [2.05, 4.69) is 20.5 Å². The van der Waals surface area contributed by atoms with Crippen LogP contribution in [0.3, 0.4) is 0 Å². The number of aromatic amines is 1. The standard InChI is InChI=1S/C19H21N5O3S/c1-13-16-11-14(12-20-18(16)23-22-13)21-19(25)15-7-3-4-8-17(15)28(26,27)24-9-5-2-6-10-24/h3-4,7-8,11-12H,2,5-6,9-10H2,1H3,(H,21,25)(H,20,22,23). The maximum absolute atomic E-state index is 13.1. The van der Waals surface area contributed by atoms with E-state index in [-0.39, 0.29) is 10.5 Å². The fraction of sp³-hybridized carbons (Fsp3) is 0.316. The van der Waals surface area contributed by atoms with Gasteiger partial charge in [0.1, 0.15) is 0 Å². The summed E-state index contributed by atoms with van der Waals surface area (Å²) in [6.45, 7) is 2.83. The van der Waals surface area contributed by atoms with Crippen LogP contribution in [0.2, 0.25) is 0 Å². The van der Waals surface area contributed by atoms with Gasteiger partial charge in [-0.25, -0.2) is 13.4 Å². The SMILES string of the molecule is Cc1[nH]nc2ncc(NC(=O)c3ccccc3S(=O)(=O)N3CCCCC3)cc12. The van der Waals surface area contributed by atoms with Gasteiger partial charge < -0.3 is 5.32 Å². The van der Waals surface area contributed by atoms with Gasteiger partial charge in [0.2, 0.25) is 10.0 Å². The minimum Gasteiger partial charge on any atom is -0.321 e. The first-order valence-corrected chi connectivity index (χ1v) is 10.6. The Labute approximate surface area is 163 Å². The van der Waals surface area contributed by atoms with E-state index < -0.39 is 15.9 Å². The number of fused-ring (bicyclic) bond motifs is 1. The van der Waals surface area contributed by atoms with Gasteiger partial charge in [-0.2, -0.15) is 9.40 Å². The number of aromatic nitrogens is 3. The Morgan fingerprint density at radius 2 is 1.93 bits per heavy atom. The number of rotatable bonds is 4. The Bertz CT molecular complexity index is 1130. The lowest BCUT2D eigenvalue weighted by molar-refractivity contribution is 0.102. The van der Waals surface area contributed by atoms with E-state index in [1.165, 1.54) is 22.6 Å². The zero-order valence-electron chi connectivity index (χ0n) is 15.5. The number of hydrogen-bond donors (Lipinski definition) is 2. The molecule has 2 aromatic heterocycles. The lowest BCUT2D eigenvalue weighted by atomic mass is 10.2. The summed E-state index contributed by atoms with van der Waals surface area (Å²) in [5.74, 6) is -0.488. The highest BCUT2D eigenvalue weighted by molar-refractivity contribution is 7.89. The van der Waals surface area contributed by atoms with Crippen LogP contribution in [0.1, 0.15) is 35.3 Å². The van der Waals surface area contributed by atoms with Crippen LogP contribution in [0.25, 0.3) is 11.0 Å². The van der Waals surface area contributed by atoms with Crippen LogP contribution in [0.5, 0.6) is 0 Å². The number of sulfonamides is 1. The van der Waals surface area contributed by atoms with Crippen LogP contribution >= 0.6 is 0 Å². The van der Waals surface area contributed by atoms with Crippen molar-refractivity contribution in [3.05, 3.63) is 47.8 Å². The first-order chi connectivity index (χ1) is 13.5. The first-order valence-electron chi connectivity index (χ1n) is 9.18. The number of H-pyrrole nitrogens is 1. The van der Waals surface area contributed by atoms with E-state index in [9.17, 15) is 13.2 Å². The molecule has 0 unspecified atom stereocenters. The lowest BCUT2D eigenvalue weighted by Gasteiger charge is -2.26. The van der Waals surface area contributed by atoms with Crippen LogP contribution in [0, 0.1) is 6.92 Å². The number of pyridine rings is 1. The molecule has 28 heavy (non-hydrogen) atoms. The smallest absolute Gasteiger partial charge is 0.257 e. The first kappa shape index (κ1) is 18.6. The van der Waals surface area contributed by atoms with Gasteiger partial charge in [-0.3, -0.25) is 9.89 Å². The van der Waals surface area contributed by atoms with Crippen LogP contribution < -0.4 is 5.32 Å². The number of hydrogen-bond acceptors (Lipinski definition) is 5. The Morgan fingerprint density at radius 1 is 1.18 bits per heavy atom. The van der Waals surface area contributed by atoms with Crippen LogP contribution in [-0.2, 0) is 10.0 Å². The number of aryl methyl sites for hydroxylation is 1. The second-order valence-electron chi connectivity index (χ2n) is 6.86. The molecule has 0 aliphatic carbocycles. The van der Waals surface area contributed by atoms with Gasteiger partial charge in [0.15, 0.2) is 5.65 Å². The topological polar surface area (TPSA) is 108 Å². The van der Waals surface area contributed by atoms with E-state index in [0.29, 0.717) is 24.4 Å².